The third-order valence-electron chi connectivity index (χ3n) is 3.21. The minimum atomic E-state index is -1.23. The lowest BCUT2D eigenvalue weighted by Gasteiger charge is -2.11. The van der Waals surface area contributed by atoms with Crippen molar-refractivity contribution in [2.75, 3.05) is 6.61 Å². The molecule has 0 bridgehead atoms. The van der Waals surface area contributed by atoms with E-state index in [1.165, 1.54) is 24.3 Å². The summed E-state index contributed by atoms with van der Waals surface area (Å²) in [7, 11) is 0. The van der Waals surface area contributed by atoms with Crippen LogP contribution in [0.5, 0.6) is 5.75 Å². The molecule has 3 N–H and O–H groups in total. The number of carbonyl (C=O) groups is 3. The Kier molecular flexibility index (Phi) is 6.13. The van der Waals surface area contributed by atoms with Gasteiger partial charge in [-0.1, -0.05) is 28.1 Å². The highest BCUT2D eigenvalue weighted by Gasteiger charge is 2.16. The van der Waals surface area contributed by atoms with Gasteiger partial charge in [0.05, 0.1) is 11.1 Å². The maximum atomic E-state index is 12.0. The Morgan fingerprint density at radius 1 is 1.08 bits per heavy atom. The van der Waals surface area contributed by atoms with Gasteiger partial charge < -0.3 is 9.84 Å². The van der Waals surface area contributed by atoms with Gasteiger partial charge in [0.15, 0.2) is 6.61 Å². The number of hydrazine groups is 1. The largest absolute Gasteiger partial charge is 0.483 e. The standard InChI is InChI=1S/C17H15BrN2O5/c1-10-8-11(18)6-7-14(10)25-9-15(21)19-20-16(22)12-4-2-3-5-13(12)17(23)24/h2-8H,9H2,1H3,(H,19,21)(H,20,22)(H,23,24). The number of amides is 2. The first-order valence-corrected chi connectivity index (χ1v) is 7.98. The van der Waals surface area contributed by atoms with Crippen molar-refractivity contribution in [3.05, 3.63) is 63.6 Å². The van der Waals surface area contributed by atoms with Crippen molar-refractivity contribution in [3.63, 3.8) is 0 Å². The highest BCUT2D eigenvalue weighted by molar-refractivity contribution is 9.10. The SMILES string of the molecule is Cc1cc(Br)ccc1OCC(=O)NNC(=O)c1ccccc1C(=O)O. The first-order chi connectivity index (χ1) is 11.9. The molecule has 0 saturated heterocycles. The van der Waals surface area contributed by atoms with Crippen LogP contribution in [0.1, 0.15) is 26.3 Å². The van der Waals surface area contributed by atoms with Crippen molar-refractivity contribution < 1.29 is 24.2 Å². The molecule has 0 atom stereocenters. The van der Waals surface area contributed by atoms with Crippen molar-refractivity contribution >= 4 is 33.7 Å². The third-order valence-corrected chi connectivity index (χ3v) is 3.71. The molecular weight excluding hydrogens is 392 g/mol. The second-order valence-electron chi connectivity index (χ2n) is 5.05. The first-order valence-electron chi connectivity index (χ1n) is 7.19. The summed E-state index contributed by atoms with van der Waals surface area (Å²) >= 11 is 3.33. The summed E-state index contributed by atoms with van der Waals surface area (Å²) in [5.41, 5.74) is 4.98. The van der Waals surface area contributed by atoms with E-state index in [4.69, 9.17) is 9.84 Å². The lowest BCUT2D eigenvalue weighted by molar-refractivity contribution is -0.123. The van der Waals surface area contributed by atoms with Crippen molar-refractivity contribution in [3.8, 4) is 5.75 Å². The zero-order valence-corrected chi connectivity index (χ0v) is 14.8. The average Bonchev–Trinajstić information content (AvgIpc) is 2.58. The highest BCUT2D eigenvalue weighted by Crippen LogP contribution is 2.21. The number of carbonyl (C=O) groups excluding carboxylic acids is 2. The minimum Gasteiger partial charge on any atom is -0.483 e. The monoisotopic (exact) mass is 406 g/mol. The number of carboxylic acids is 1. The van der Waals surface area contributed by atoms with E-state index in [0.29, 0.717) is 5.75 Å². The van der Waals surface area contributed by atoms with Gasteiger partial charge in [0.2, 0.25) is 0 Å². The van der Waals surface area contributed by atoms with Crippen LogP contribution in [0.4, 0.5) is 0 Å². The molecule has 0 aromatic heterocycles. The van der Waals surface area contributed by atoms with Crippen LogP contribution >= 0.6 is 15.9 Å². The molecule has 0 fully saturated rings. The lowest BCUT2D eigenvalue weighted by Crippen LogP contribution is -2.44. The Bertz CT molecular complexity index is 822. The summed E-state index contributed by atoms with van der Waals surface area (Å²) in [5, 5.41) is 9.06. The number of ether oxygens (including phenoxy) is 1. The Morgan fingerprint density at radius 3 is 2.40 bits per heavy atom. The molecule has 2 amide bonds. The van der Waals surface area contributed by atoms with Crippen molar-refractivity contribution in [1.29, 1.82) is 0 Å². The van der Waals surface area contributed by atoms with E-state index in [-0.39, 0.29) is 17.7 Å². The second-order valence-corrected chi connectivity index (χ2v) is 5.97. The number of aromatic carboxylic acids is 1. The fraction of sp³-hybridized carbons (Fsp3) is 0.118. The highest BCUT2D eigenvalue weighted by atomic mass is 79.9. The molecule has 0 heterocycles. The Hall–Kier alpha value is -2.87. The van der Waals surface area contributed by atoms with Gasteiger partial charge in [0, 0.05) is 4.47 Å². The topological polar surface area (TPSA) is 105 Å². The molecule has 0 saturated carbocycles. The molecule has 2 aromatic carbocycles. The van der Waals surface area contributed by atoms with Gasteiger partial charge in [-0.3, -0.25) is 20.4 Å². The first kappa shape index (κ1) is 18.5. The van der Waals surface area contributed by atoms with Crippen molar-refractivity contribution in [2.45, 2.75) is 6.92 Å². The smallest absolute Gasteiger partial charge is 0.336 e. The summed E-state index contributed by atoms with van der Waals surface area (Å²) in [4.78, 5) is 34.9. The fourth-order valence-corrected chi connectivity index (χ4v) is 2.49. The van der Waals surface area contributed by atoms with Gasteiger partial charge in [-0.15, -0.1) is 0 Å². The van der Waals surface area contributed by atoms with E-state index in [2.05, 4.69) is 26.8 Å². The number of carboxylic acid groups (broad SMARTS) is 1. The van der Waals surface area contributed by atoms with Gasteiger partial charge in [0.1, 0.15) is 5.75 Å². The van der Waals surface area contributed by atoms with Gasteiger partial charge in [-0.05, 0) is 42.8 Å². The van der Waals surface area contributed by atoms with Gasteiger partial charge in [-0.25, -0.2) is 4.79 Å². The van der Waals surface area contributed by atoms with Crippen LogP contribution in [0.25, 0.3) is 0 Å². The molecule has 0 aliphatic heterocycles. The van der Waals surface area contributed by atoms with Gasteiger partial charge >= 0.3 is 5.97 Å². The van der Waals surface area contributed by atoms with E-state index in [0.717, 1.165) is 10.0 Å². The third kappa shape index (κ3) is 5.05. The van der Waals surface area contributed by atoms with E-state index >= 15 is 0 Å². The normalized spacial score (nSPS) is 10.0. The number of hydrogen-bond donors (Lipinski definition) is 3. The quantitative estimate of drug-likeness (QED) is 0.660. The Labute approximate surface area is 152 Å². The van der Waals surface area contributed by atoms with E-state index in [1.54, 1.807) is 12.1 Å². The Balaban J connectivity index is 1.90. The summed E-state index contributed by atoms with van der Waals surface area (Å²) in [6.45, 7) is 1.53. The number of nitrogens with one attached hydrogen (secondary N) is 2. The molecule has 0 aliphatic carbocycles. The summed E-state index contributed by atoms with van der Waals surface area (Å²) in [6.07, 6.45) is 0. The van der Waals surface area contributed by atoms with Gasteiger partial charge in [-0.2, -0.15) is 0 Å². The number of aryl methyl sites for hydroxylation is 1. The molecule has 0 aliphatic rings. The second kappa shape index (κ2) is 8.29. The van der Waals surface area contributed by atoms with Crippen LogP contribution in [0.3, 0.4) is 0 Å². The zero-order valence-electron chi connectivity index (χ0n) is 13.2. The molecule has 8 heteroatoms. The predicted molar refractivity (Wildman–Crippen MR) is 93.4 cm³/mol. The Morgan fingerprint density at radius 2 is 1.76 bits per heavy atom. The maximum absolute atomic E-state index is 12.0. The van der Waals surface area contributed by atoms with Crippen LogP contribution < -0.4 is 15.6 Å². The number of halogens is 1. The summed E-state index contributed by atoms with van der Waals surface area (Å²) in [6, 6.07) is 11.0. The molecule has 0 unspecified atom stereocenters. The van der Waals surface area contributed by atoms with Crippen molar-refractivity contribution in [2.24, 2.45) is 0 Å². The maximum Gasteiger partial charge on any atom is 0.336 e. The molecule has 7 nitrogen and oxygen atoms in total. The number of benzene rings is 2. The summed E-state index contributed by atoms with van der Waals surface area (Å²) in [5.74, 6) is -2.00. The van der Waals surface area contributed by atoms with Gasteiger partial charge in [0.25, 0.3) is 11.8 Å². The lowest BCUT2D eigenvalue weighted by atomic mass is 10.1. The summed E-state index contributed by atoms with van der Waals surface area (Å²) < 4.78 is 6.27. The molecular formula is C17H15BrN2O5. The fourth-order valence-electron chi connectivity index (χ4n) is 2.02. The molecule has 25 heavy (non-hydrogen) atoms. The van der Waals surface area contributed by atoms with Crippen LogP contribution in [0, 0.1) is 6.92 Å². The van der Waals surface area contributed by atoms with Crippen LogP contribution in [0.2, 0.25) is 0 Å². The predicted octanol–water partition coefficient (Wildman–Crippen LogP) is 2.30. The van der Waals surface area contributed by atoms with Crippen LogP contribution in [-0.2, 0) is 4.79 Å². The molecule has 0 spiro atoms. The van der Waals surface area contributed by atoms with E-state index in [1.807, 2.05) is 13.0 Å². The van der Waals surface area contributed by atoms with E-state index < -0.39 is 17.8 Å². The molecule has 130 valence electrons. The number of rotatable bonds is 5. The van der Waals surface area contributed by atoms with Crippen LogP contribution in [-0.4, -0.2) is 29.5 Å². The van der Waals surface area contributed by atoms with Crippen molar-refractivity contribution in [1.82, 2.24) is 10.9 Å². The molecule has 2 aromatic rings. The number of hydrogen-bond acceptors (Lipinski definition) is 4. The minimum absolute atomic E-state index is 0.0556. The molecule has 2 rings (SSSR count). The van der Waals surface area contributed by atoms with E-state index in [9.17, 15) is 14.4 Å². The van der Waals surface area contributed by atoms with Crippen LogP contribution in [0.15, 0.2) is 46.9 Å². The zero-order chi connectivity index (χ0) is 18.4. The molecule has 0 radical (unpaired) electrons. The average molecular weight is 407 g/mol.